The van der Waals surface area contributed by atoms with Gasteiger partial charge in [-0.05, 0) is 62.1 Å². The predicted molar refractivity (Wildman–Crippen MR) is 184 cm³/mol. The SMILES string of the molecule is Cn1cc(NC(=O)CCCOc2cc3c(cc2O[C@H]2C[C@@H](O)[C@@H](O)[C@@H](CO)O2)C(=O)N2CCCC[C@H]2C=N3)cc1C(=O)Nc1ccc(N)cc1. The van der Waals surface area contributed by atoms with E-state index in [1.54, 1.807) is 71.4 Å². The van der Waals surface area contributed by atoms with Crippen molar-refractivity contribution in [2.24, 2.45) is 12.0 Å². The number of aliphatic hydroxyl groups is 3. The quantitative estimate of drug-likeness (QED) is 0.128. The van der Waals surface area contributed by atoms with Crippen LogP contribution in [0.2, 0.25) is 0 Å². The number of nitrogens with two attached hydrogens (primary N) is 1. The molecule has 3 aliphatic rings. The molecule has 1 aromatic heterocycles. The van der Waals surface area contributed by atoms with Crippen LogP contribution in [0.15, 0.2) is 53.7 Å². The van der Waals surface area contributed by atoms with E-state index in [2.05, 4.69) is 15.6 Å². The Kier molecular flexibility index (Phi) is 10.7. The van der Waals surface area contributed by atoms with Crippen molar-refractivity contribution in [2.75, 3.05) is 36.1 Å². The number of benzene rings is 2. The van der Waals surface area contributed by atoms with Crippen LogP contribution in [0.1, 0.15) is 59.4 Å². The lowest BCUT2D eigenvalue weighted by Crippen LogP contribution is -2.51. The molecule has 6 rings (SSSR count). The molecule has 3 amide bonds. The lowest BCUT2D eigenvalue weighted by atomic mass is 10.0. The number of nitrogens with one attached hydrogen (secondary N) is 2. The average molecular weight is 691 g/mol. The monoisotopic (exact) mass is 690 g/mol. The predicted octanol–water partition coefficient (Wildman–Crippen LogP) is 2.58. The van der Waals surface area contributed by atoms with Gasteiger partial charge in [0.15, 0.2) is 11.5 Å². The van der Waals surface area contributed by atoms with Crippen molar-refractivity contribution in [1.29, 1.82) is 0 Å². The maximum absolute atomic E-state index is 13.6. The van der Waals surface area contributed by atoms with Crippen LogP contribution in [0.25, 0.3) is 0 Å². The summed E-state index contributed by atoms with van der Waals surface area (Å²) < 4.78 is 19.5. The number of piperidine rings is 1. The molecule has 3 aromatic rings. The topological polar surface area (TPSA) is 210 Å². The van der Waals surface area contributed by atoms with Gasteiger partial charge in [0.2, 0.25) is 12.2 Å². The van der Waals surface area contributed by atoms with Gasteiger partial charge >= 0.3 is 0 Å². The van der Waals surface area contributed by atoms with Crippen LogP contribution in [-0.4, -0.2) is 99.1 Å². The van der Waals surface area contributed by atoms with Gasteiger partial charge in [0.05, 0.1) is 42.3 Å². The first kappa shape index (κ1) is 34.9. The normalized spacial score (nSPS) is 23.0. The molecule has 0 saturated carbocycles. The minimum absolute atomic E-state index is 0.0844. The average Bonchev–Trinajstić information content (AvgIpc) is 3.41. The van der Waals surface area contributed by atoms with Gasteiger partial charge in [0.1, 0.15) is 17.9 Å². The molecule has 3 aliphatic heterocycles. The van der Waals surface area contributed by atoms with Gasteiger partial charge in [0, 0.05) is 56.3 Å². The molecule has 0 spiro atoms. The van der Waals surface area contributed by atoms with Gasteiger partial charge < -0.3 is 55.4 Å². The number of aromatic nitrogens is 1. The molecule has 0 bridgehead atoms. The molecule has 2 fully saturated rings. The Balaban J connectivity index is 1.10. The van der Waals surface area contributed by atoms with Crippen molar-refractivity contribution in [3.63, 3.8) is 0 Å². The first-order valence-corrected chi connectivity index (χ1v) is 16.7. The second-order valence-electron chi connectivity index (χ2n) is 12.7. The van der Waals surface area contributed by atoms with E-state index in [-0.39, 0.29) is 54.7 Å². The standard InChI is InChI=1S/C35H42N6O9/c1-40-18-22(13-26(40)34(46)39-21-9-7-20(36)8-10-21)38-31(44)6-4-12-48-28-15-25-24(35(47)41-11-3-2-5-23(41)17-37-25)14-29(28)49-32-16-27(43)33(45)30(19-42)50-32/h7-10,13-15,17-18,23,27,30,32-33,42-43,45H,2-6,11-12,16,19,36H2,1H3,(H,38,44)(H,39,46)/t23-,27+,30+,32+,33+/m0/s1. The number of fused-ring (bicyclic) bond motifs is 2. The van der Waals surface area contributed by atoms with Crippen molar-refractivity contribution in [3.05, 3.63) is 59.9 Å². The number of hydrogen-bond donors (Lipinski definition) is 6. The number of aliphatic imine (C=N–C) groups is 1. The summed E-state index contributed by atoms with van der Waals surface area (Å²) in [6, 6.07) is 11.4. The zero-order valence-corrected chi connectivity index (χ0v) is 27.7. The Hall–Kier alpha value is -4.96. The number of rotatable bonds is 11. The Morgan fingerprint density at radius 2 is 1.88 bits per heavy atom. The summed E-state index contributed by atoms with van der Waals surface area (Å²) in [5, 5.41) is 35.7. The first-order chi connectivity index (χ1) is 24.1. The third-order valence-electron chi connectivity index (χ3n) is 8.96. The summed E-state index contributed by atoms with van der Waals surface area (Å²) in [4.78, 5) is 45.6. The summed E-state index contributed by atoms with van der Waals surface area (Å²) in [5.41, 5.74) is 8.43. The van der Waals surface area contributed by atoms with Gasteiger partial charge in [-0.25, -0.2) is 0 Å². The molecule has 15 nitrogen and oxygen atoms in total. The van der Waals surface area contributed by atoms with Crippen LogP contribution < -0.4 is 25.8 Å². The summed E-state index contributed by atoms with van der Waals surface area (Å²) in [6.07, 6.45) is 1.87. The highest BCUT2D eigenvalue weighted by Gasteiger charge is 2.38. The Bertz CT molecular complexity index is 1740. The van der Waals surface area contributed by atoms with E-state index in [1.807, 2.05) is 0 Å². The summed E-state index contributed by atoms with van der Waals surface area (Å²) in [7, 11) is 1.70. The highest BCUT2D eigenvalue weighted by molar-refractivity contribution is 6.05. The molecule has 2 saturated heterocycles. The lowest BCUT2D eigenvalue weighted by Gasteiger charge is -2.36. The number of aliphatic hydroxyl groups excluding tert-OH is 3. The maximum Gasteiger partial charge on any atom is 0.272 e. The number of amides is 3. The second kappa shape index (κ2) is 15.3. The van der Waals surface area contributed by atoms with Crippen LogP contribution in [0, 0.1) is 0 Å². The van der Waals surface area contributed by atoms with Crippen molar-refractivity contribution in [3.8, 4) is 11.5 Å². The highest BCUT2D eigenvalue weighted by Crippen LogP contribution is 2.39. The number of carbonyl (C=O) groups is 3. The Morgan fingerprint density at radius 3 is 2.66 bits per heavy atom. The van der Waals surface area contributed by atoms with Crippen molar-refractivity contribution >= 4 is 46.7 Å². The van der Waals surface area contributed by atoms with Crippen molar-refractivity contribution in [2.45, 2.75) is 69.2 Å². The molecule has 4 heterocycles. The van der Waals surface area contributed by atoms with Crippen LogP contribution in [0.4, 0.5) is 22.7 Å². The highest BCUT2D eigenvalue weighted by atomic mass is 16.7. The minimum atomic E-state index is -1.28. The molecule has 2 aromatic carbocycles. The van der Waals surface area contributed by atoms with Crippen LogP contribution >= 0.6 is 0 Å². The molecule has 15 heteroatoms. The number of hydrogen-bond acceptors (Lipinski definition) is 11. The van der Waals surface area contributed by atoms with Crippen LogP contribution in [-0.2, 0) is 16.6 Å². The fourth-order valence-corrected chi connectivity index (χ4v) is 6.26. The molecule has 7 N–H and O–H groups in total. The molecule has 0 unspecified atom stereocenters. The van der Waals surface area contributed by atoms with E-state index in [9.17, 15) is 29.7 Å². The number of aryl methyl sites for hydroxylation is 1. The van der Waals surface area contributed by atoms with Gasteiger partial charge in [-0.2, -0.15) is 0 Å². The molecule has 0 aliphatic carbocycles. The molecular formula is C35H42N6O9. The molecular weight excluding hydrogens is 648 g/mol. The third kappa shape index (κ3) is 7.91. The second-order valence-corrected chi connectivity index (χ2v) is 12.7. The zero-order chi connectivity index (χ0) is 35.4. The molecule has 266 valence electrons. The third-order valence-corrected chi connectivity index (χ3v) is 8.96. The van der Waals surface area contributed by atoms with E-state index in [4.69, 9.17) is 19.9 Å². The summed E-state index contributed by atoms with van der Waals surface area (Å²) in [5.74, 6) is -0.406. The van der Waals surface area contributed by atoms with Gasteiger partial charge in [-0.15, -0.1) is 0 Å². The number of nitrogens with zero attached hydrogens (tertiary/aromatic N) is 3. The van der Waals surface area contributed by atoms with Crippen LogP contribution in [0.5, 0.6) is 11.5 Å². The maximum atomic E-state index is 13.6. The molecule has 0 radical (unpaired) electrons. The first-order valence-electron chi connectivity index (χ1n) is 16.7. The van der Waals surface area contributed by atoms with Gasteiger partial charge in [-0.1, -0.05) is 0 Å². The van der Waals surface area contributed by atoms with E-state index in [0.29, 0.717) is 47.0 Å². The van der Waals surface area contributed by atoms with Crippen molar-refractivity contribution in [1.82, 2.24) is 9.47 Å². The fraction of sp³-hybridized carbons (Fsp3) is 0.429. The van der Waals surface area contributed by atoms with E-state index in [0.717, 1.165) is 19.3 Å². The Labute approximate surface area is 288 Å². The number of ether oxygens (including phenoxy) is 3. The van der Waals surface area contributed by atoms with Gasteiger partial charge in [0.25, 0.3) is 11.8 Å². The Morgan fingerprint density at radius 1 is 1.08 bits per heavy atom. The van der Waals surface area contributed by atoms with E-state index < -0.39 is 31.2 Å². The summed E-state index contributed by atoms with van der Waals surface area (Å²) in [6.45, 7) is 0.185. The van der Waals surface area contributed by atoms with E-state index in [1.165, 1.54) is 0 Å². The van der Waals surface area contributed by atoms with E-state index >= 15 is 0 Å². The number of anilines is 3. The fourth-order valence-electron chi connectivity index (χ4n) is 6.26. The van der Waals surface area contributed by atoms with Crippen molar-refractivity contribution < 1.29 is 43.9 Å². The summed E-state index contributed by atoms with van der Waals surface area (Å²) >= 11 is 0. The lowest BCUT2D eigenvalue weighted by molar-refractivity contribution is -0.230. The minimum Gasteiger partial charge on any atom is -0.490 e. The van der Waals surface area contributed by atoms with Crippen LogP contribution in [0.3, 0.4) is 0 Å². The molecule has 5 atom stereocenters. The molecule has 50 heavy (non-hydrogen) atoms. The number of nitrogen functional groups attached to an aromatic ring is 1. The smallest absolute Gasteiger partial charge is 0.272 e. The number of carbonyl (C=O) groups excluding carboxylic acids is 3. The van der Waals surface area contributed by atoms with Gasteiger partial charge in [-0.3, -0.25) is 19.4 Å². The largest absolute Gasteiger partial charge is 0.490 e. The zero-order valence-electron chi connectivity index (χ0n) is 27.7.